The van der Waals surface area contributed by atoms with Crippen molar-refractivity contribution >= 4 is 50.5 Å². The first-order chi connectivity index (χ1) is 8.99. The molecule has 0 atom stereocenters. The van der Waals surface area contributed by atoms with E-state index in [4.69, 9.17) is 5.11 Å². The smallest absolute Gasteiger partial charge is 0.303 e. The van der Waals surface area contributed by atoms with Gasteiger partial charge in [0.15, 0.2) is 9.84 Å². The molecule has 1 N–H and O–H groups in total. The summed E-state index contributed by atoms with van der Waals surface area (Å²) < 4.78 is 26.1. The second kappa shape index (κ2) is 6.36. The van der Waals surface area contributed by atoms with Crippen LogP contribution >= 0.6 is 32.5 Å². The summed E-state index contributed by atoms with van der Waals surface area (Å²) in [6.07, 6.45) is 0.865. The van der Waals surface area contributed by atoms with Crippen molar-refractivity contribution in [2.45, 2.75) is 24.2 Å². The zero-order valence-electron chi connectivity index (χ0n) is 10.0. The fraction of sp³-hybridized carbons (Fsp3) is 0.333. The van der Waals surface area contributed by atoms with Crippen LogP contribution in [-0.2, 0) is 14.6 Å². The fourth-order valence-electron chi connectivity index (χ4n) is 1.57. The van der Waals surface area contributed by atoms with E-state index < -0.39 is 36.5 Å². The van der Waals surface area contributed by atoms with Crippen molar-refractivity contribution in [3.8, 4) is 0 Å². The first kappa shape index (κ1) is 15.0. The van der Waals surface area contributed by atoms with E-state index in [0.29, 0.717) is 15.0 Å². The summed E-state index contributed by atoms with van der Waals surface area (Å²) in [4.78, 5) is 11.4. The lowest BCUT2D eigenvalue weighted by molar-refractivity contribution is -0.137. The van der Waals surface area contributed by atoms with Crippen molar-refractivity contribution < 1.29 is 18.3 Å². The number of carboxylic acid groups (broad SMARTS) is 1. The Labute approximate surface area is 126 Å². The summed E-state index contributed by atoms with van der Waals surface area (Å²) in [6, 6.07) is 7.79. The van der Waals surface area contributed by atoms with Gasteiger partial charge in [-0.15, -0.1) is 0 Å². The largest absolute Gasteiger partial charge is 0.481 e. The van der Waals surface area contributed by atoms with Crippen molar-refractivity contribution in [3.05, 3.63) is 27.8 Å². The van der Waals surface area contributed by atoms with Crippen LogP contribution in [0.4, 0.5) is 0 Å². The van der Waals surface area contributed by atoms with Crippen LogP contribution in [0.5, 0.6) is 0 Å². The Morgan fingerprint density at radius 2 is 2.00 bits per heavy atom. The fourth-order valence-corrected chi connectivity index (χ4v) is 9.70. The molecule has 0 bridgehead atoms. The second-order valence-corrected chi connectivity index (χ2v) is 11.6. The third-order valence-corrected chi connectivity index (χ3v) is 11.6. The number of benzene rings is 1. The Balaban J connectivity index is 1.97. The predicted octanol–water partition coefficient (Wildman–Crippen LogP) is 2.69. The summed E-state index contributed by atoms with van der Waals surface area (Å²) in [5, 5.41) is 8.52. The molecule has 19 heavy (non-hydrogen) atoms. The highest BCUT2D eigenvalue weighted by atomic mass is 127. The summed E-state index contributed by atoms with van der Waals surface area (Å²) in [7, 11) is -3.19. The van der Waals surface area contributed by atoms with E-state index in [-0.39, 0.29) is 12.2 Å². The first-order valence-electron chi connectivity index (χ1n) is 5.72. The highest BCUT2D eigenvalue weighted by Gasteiger charge is 2.25. The number of sulfone groups is 1. The van der Waals surface area contributed by atoms with Crippen LogP contribution < -0.4 is 0 Å². The predicted molar refractivity (Wildman–Crippen MR) is 85.3 cm³/mol. The minimum Gasteiger partial charge on any atom is -0.481 e. The lowest BCUT2D eigenvalue weighted by atomic mass is 10.3. The van der Waals surface area contributed by atoms with Gasteiger partial charge < -0.3 is 5.11 Å². The minimum atomic E-state index is -3.19. The van der Waals surface area contributed by atoms with Gasteiger partial charge in [0, 0.05) is 14.9 Å². The van der Waals surface area contributed by atoms with Crippen LogP contribution in [0.15, 0.2) is 29.2 Å². The highest BCUT2D eigenvalue weighted by Crippen LogP contribution is 2.40. The molecule has 0 saturated heterocycles. The standard InChI is InChI=1S/C12H13IO4S2/c14-11(15)7-3-4-8-19(16,17)12-13-9-5-1-2-6-10(9)18-12/h1-2,5-6H,3-4,7-8H2,(H,14,15). The topological polar surface area (TPSA) is 71.4 Å². The average molecular weight is 412 g/mol. The Morgan fingerprint density at radius 3 is 2.68 bits per heavy atom. The van der Waals surface area contributed by atoms with E-state index in [0.717, 1.165) is 8.47 Å². The van der Waals surface area contributed by atoms with Crippen molar-refractivity contribution in [3.63, 3.8) is 0 Å². The van der Waals surface area contributed by atoms with Crippen LogP contribution in [0.3, 0.4) is 0 Å². The normalized spacial score (nSPS) is 14.4. The SMILES string of the molecule is O=C(O)CCCCS(=O)(=O)C1=Ic2ccccc2S1. The third-order valence-electron chi connectivity index (χ3n) is 2.50. The summed E-state index contributed by atoms with van der Waals surface area (Å²) in [5.41, 5.74) is 0. The van der Waals surface area contributed by atoms with Gasteiger partial charge in [0.2, 0.25) is 0 Å². The number of carbonyl (C=O) groups is 1. The third kappa shape index (κ3) is 4.03. The molecule has 1 aliphatic heterocycles. The van der Waals surface area contributed by atoms with Gasteiger partial charge in [0.05, 0.1) is 5.75 Å². The molecule has 104 valence electrons. The number of thioether (sulfide) groups is 1. The Bertz CT molecular complexity index is 622. The molecule has 0 fully saturated rings. The van der Waals surface area contributed by atoms with Gasteiger partial charge in [0.25, 0.3) is 0 Å². The summed E-state index contributed by atoms with van der Waals surface area (Å²) >= 11 is 0.776. The zero-order valence-corrected chi connectivity index (χ0v) is 13.8. The second-order valence-electron chi connectivity index (χ2n) is 4.03. The molecule has 2 rings (SSSR count). The molecule has 0 radical (unpaired) electrons. The maximum atomic E-state index is 12.2. The number of fused-ring (bicyclic) bond motifs is 1. The molecular formula is C12H13IO4S2. The van der Waals surface area contributed by atoms with Crippen LogP contribution in [0.1, 0.15) is 19.3 Å². The van der Waals surface area contributed by atoms with E-state index in [9.17, 15) is 13.2 Å². The van der Waals surface area contributed by atoms with Crippen molar-refractivity contribution in [1.29, 1.82) is 0 Å². The van der Waals surface area contributed by atoms with Gasteiger partial charge in [-0.3, -0.25) is 4.79 Å². The van der Waals surface area contributed by atoms with Gasteiger partial charge in [0.1, 0.15) is 2.17 Å². The molecule has 1 heterocycles. The van der Waals surface area contributed by atoms with Crippen molar-refractivity contribution in [1.82, 2.24) is 0 Å². The zero-order chi connectivity index (χ0) is 13.9. The molecule has 0 amide bonds. The molecule has 1 aromatic carbocycles. The van der Waals surface area contributed by atoms with Crippen molar-refractivity contribution in [2.24, 2.45) is 0 Å². The molecule has 0 saturated carbocycles. The van der Waals surface area contributed by atoms with E-state index >= 15 is 0 Å². The monoisotopic (exact) mass is 412 g/mol. The van der Waals surface area contributed by atoms with E-state index in [1.165, 1.54) is 11.8 Å². The number of carboxylic acids is 1. The number of halogens is 1. The molecule has 4 nitrogen and oxygen atoms in total. The molecule has 0 aromatic heterocycles. The lowest BCUT2D eigenvalue weighted by Gasteiger charge is -2.03. The van der Waals surface area contributed by atoms with Gasteiger partial charge in [-0.1, -0.05) is 44.6 Å². The van der Waals surface area contributed by atoms with E-state index in [1.807, 2.05) is 24.3 Å². The molecule has 0 aliphatic carbocycles. The Hall–Kier alpha value is -0.410. The summed E-state index contributed by atoms with van der Waals surface area (Å²) in [5.74, 6) is -0.809. The van der Waals surface area contributed by atoms with Crippen LogP contribution in [0, 0.1) is 3.57 Å². The molecule has 7 heteroatoms. The number of rotatable bonds is 6. The van der Waals surface area contributed by atoms with Gasteiger partial charge in [-0.2, -0.15) is 0 Å². The average Bonchev–Trinajstić information content (AvgIpc) is 2.79. The number of hydrogen-bond donors (Lipinski definition) is 1. The quantitative estimate of drug-likeness (QED) is 0.575. The Morgan fingerprint density at radius 1 is 1.26 bits per heavy atom. The minimum absolute atomic E-state index is 0.0350. The number of aliphatic carboxylic acids is 1. The van der Waals surface area contributed by atoms with Crippen LogP contribution in [0.2, 0.25) is 0 Å². The van der Waals surface area contributed by atoms with E-state index in [2.05, 4.69) is 0 Å². The van der Waals surface area contributed by atoms with Gasteiger partial charge in [-0.05, 0) is 25.0 Å². The van der Waals surface area contributed by atoms with Gasteiger partial charge in [-0.25, -0.2) is 8.42 Å². The number of unbranched alkanes of at least 4 members (excludes halogenated alkanes) is 1. The van der Waals surface area contributed by atoms with Crippen molar-refractivity contribution in [2.75, 3.05) is 5.75 Å². The lowest BCUT2D eigenvalue weighted by Crippen LogP contribution is -2.13. The molecule has 1 aliphatic rings. The molecule has 1 aromatic rings. The molecular weight excluding hydrogens is 399 g/mol. The molecule has 0 unspecified atom stereocenters. The Kier molecular flexibility index (Phi) is 5.02. The first-order valence-corrected chi connectivity index (χ1v) is 10.3. The highest BCUT2D eigenvalue weighted by molar-refractivity contribution is 14.2. The van der Waals surface area contributed by atoms with Gasteiger partial charge >= 0.3 is 5.97 Å². The van der Waals surface area contributed by atoms with Crippen LogP contribution in [-0.4, -0.2) is 27.4 Å². The van der Waals surface area contributed by atoms with E-state index in [1.54, 1.807) is 0 Å². The van der Waals surface area contributed by atoms with Crippen LogP contribution in [0.25, 0.3) is 0 Å². The molecule has 0 spiro atoms. The maximum Gasteiger partial charge on any atom is 0.303 e. The maximum absolute atomic E-state index is 12.2. The number of hydrogen-bond acceptors (Lipinski definition) is 4. The summed E-state index contributed by atoms with van der Waals surface area (Å²) in [6.45, 7) is 0.